The van der Waals surface area contributed by atoms with Crippen LogP contribution in [-0.4, -0.2) is 40.9 Å². The van der Waals surface area contributed by atoms with Crippen molar-refractivity contribution in [1.29, 1.82) is 0 Å². The fourth-order valence-electron chi connectivity index (χ4n) is 3.75. The molecule has 116 valence electrons. The molecule has 2 fully saturated rings. The Morgan fingerprint density at radius 2 is 1.86 bits per heavy atom. The first-order valence-electron chi connectivity index (χ1n) is 7.57. The fourth-order valence-corrected chi connectivity index (χ4v) is 3.75. The SMILES string of the molecule is OC(CCN1CC2CCC(O)C2C1)c1cc(F)cc(F)c1. The number of hydrogen-bond donors (Lipinski definition) is 2. The molecule has 1 saturated heterocycles. The van der Waals surface area contributed by atoms with Crippen LogP contribution in [0.2, 0.25) is 0 Å². The summed E-state index contributed by atoms with van der Waals surface area (Å²) in [6.07, 6.45) is 1.36. The zero-order valence-electron chi connectivity index (χ0n) is 11.9. The lowest BCUT2D eigenvalue weighted by Crippen LogP contribution is -2.26. The number of rotatable bonds is 4. The monoisotopic (exact) mass is 297 g/mol. The van der Waals surface area contributed by atoms with Crippen molar-refractivity contribution in [3.8, 4) is 0 Å². The summed E-state index contributed by atoms with van der Waals surface area (Å²) in [6.45, 7) is 2.49. The van der Waals surface area contributed by atoms with Gasteiger partial charge in [-0.2, -0.15) is 0 Å². The molecule has 1 aromatic rings. The Morgan fingerprint density at radius 3 is 2.52 bits per heavy atom. The van der Waals surface area contributed by atoms with Crippen molar-refractivity contribution < 1.29 is 19.0 Å². The van der Waals surface area contributed by atoms with E-state index in [9.17, 15) is 19.0 Å². The van der Waals surface area contributed by atoms with Gasteiger partial charge >= 0.3 is 0 Å². The number of aliphatic hydroxyl groups excluding tert-OH is 2. The van der Waals surface area contributed by atoms with Crippen molar-refractivity contribution >= 4 is 0 Å². The Morgan fingerprint density at radius 1 is 1.14 bits per heavy atom. The molecule has 2 aliphatic rings. The van der Waals surface area contributed by atoms with Gasteiger partial charge in [0.1, 0.15) is 11.6 Å². The van der Waals surface area contributed by atoms with Gasteiger partial charge in [-0.05, 0) is 42.9 Å². The summed E-state index contributed by atoms with van der Waals surface area (Å²) >= 11 is 0. The summed E-state index contributed by atoms with van der Waals surface area (Å²) in [6, 6.07) is 3.16. The quantitative estimate of drug-likeness (QED) is 0.894. The molecule has 3 rings (SSSR count). The van der Waals surface area contributed by atoms with E-state index in [-0.39, 0.29) is 11.7 Å². The van der Waals surface area contributed by atoms with Crippen LogP contribution in [0.1, 0.15) is 30.9 Å². The van der Waals surface area contributed by atoms with Gasteiger partial charge in [0.15, 0.2) is 0 Å². The van der Waals surface area contributed by atoms with Crippen molar-refractivity contribution in [3.05, 3.63) is 35.4 Å². The second-order valence-corrected chi connectivity index (χ2v) is 6.34. The van der Waals surface area contributed by atoms with E-state index in [4.69, 9.17) is 0 Å². The van der Waals surface area contributed by atoms with E-state index in [0.717, 1.165) is 32.0 Å². The molecule has 0 bridgehead atoms. The predicted octanol–water partition coefficient (Wildman–Crippen LogP) is 2.09. The minimum Gasteiger partial charge on any atom is -0.393 e. The fraction of sp³-hybridized carbons (Fsp3) is 0.625. The van der Waals surface area contributed by atoms with Crippen molar-refractivity contribution in [2.75, 3.05) is 19.6 Å². The van der Waals surface area contributed by atoms with Crippen LogP contribution in [0, 0.1) is 23.5 Å². The van der Waals surface area contributed by atoms with Gasteiger partial charge in [-0.25, -0.2) is 8.78 Å². The molecule has 5 heteroatoms. The first-order chi connectivity index (χ1) is 10.0. The molecule has 21 heavy (non-hydrogen) atoms. The van der Waals surface area contributed by atoms with E-state index in [1.54, 1.807) is 0 Å². The number of likely N-dealkylation sites (tertiary alicyclic amines) is 1. The summed E-state index contributed by atoms with van der Waals surface area (Å²) in [5.74, 6) is -0.414. The lowest BCUT2D eigenvalue weighted by Gasteiger charge is -2.20. The van der Waals surface area contributed by atoms with Gasteiger partial charge in [-0.1, -0.05) is 0 Å². The van der Waals surface area contributed by atoms with Crippen LogP contribution in [0.15, 0.2) is 18.2 Å². The summed E-state index contributed by atoms with van der Waals surface area (Å²) in [4.78, 5) is 2.23. The normalized spacial score (nSPS) is 30.6. The van der Waals surface area contributed by atoms with Crippen LogP contribution >= 0.6 is 0 Å². The lowest BCUT2D eigenvalue weighted by molar-refractivity contribution is 0.117. The van der Waals surface area contributed by atoms with Gasteiger partial charge < -0.3 is 15.1 Å². The first kappa shape index (κ1) is 14.9. The number of halogens is 2. The predicted molar refractivity (Wildman–Crippen MR) is 74.6 cm³/mol. The summed E-state index contributed by atoms with van der Waals surface area (Å²) < 4.78 is 26.3. The van der Waals surface area contributed by atoms with E-state index in [0.29, 0.717) is 24.8 Å². The van der Waals surface area contributed by atoms with Crippen LogP contribution in [0.4, 0.5) is 8.78 Å². The Hall–Kier alpha value is -1.04. The average molecular weight is 297 g/mol. The van der Waals surface area contributed by atoms with Crippen LogP contribution < -0.4 is 0 Å². The molecule has 1 heterocycles. The summed E-state index contributed by atoms with van der Waals surface area (Å²) in [5, 5.41) is 19.9. The Kier molecular flexibility index (Phi) is 4.24. The van der Waals surface area contributed by atoms with E-state index in [1.807, 2.05) is 0 Å². The molecule has 1 aliphatic carbocycles. The molecule has 1 aliphatic heterocycles. The topological polar surface area (TPSA) is 43.7 Å². The van der Waals surface area contributed by atoms with Gasteiger partial charge in [-0.15, -0.1) is 0 Å². The lowest BCUT2D eigenvalue weighted by atomic mass is 10.00. The maximum Gasteiger partial charge on any atom is 0.126 e. The number of nitrogens with zero attached hydrogens (tertiary/aromatic N) is 1. The third kappa shape index (κ3) is 3.25. The highest BCUT2D eigenvalue weighted by molar-refractivity contribution is 5.20. The van der Waals surface area contributed by atoms with Crippen LogP contribution in [-0.2, 0) is 0 Å². The van der Waals surface area contributed by atoms with Gasteiger partial charge in [0.25, 0.3) is 0 Å². The highest BCUT2D eigenvalue weighted by Crippen LogP contribution is 2.38. The Bertz CT molecular complexity index is 491. The number of aliphatic hydroxyl groups is 2. The second-order valence-electron chi connectivity index (χ2n) is 6.34. The Balaban J connectivity index is 1.53. The molecular weight excluding hydrogens is 276 g/mol. The minimum absolute atomic E-state index is 0.192. The van der Waals surface area contributed by atoms with Crippen molar-refractivity contribution in [2.24, 2.45) is 11.8 Å². The van der Waals surface area contributed by atoms with Gasteiger partial charge in [0.2, 0.25) is 0 Å². The molecule has 0 amide bonds. The van der Waals surface area contributed by atoms with Crippen LogP contribution in [0.3, 0.4) is 0 Å². The molecule has 0 radical (unpaired) electrons. The molecule has 0 aromatic heterocycles. The van der Waals surface area contributed by atoms with Gasteiger partial charge in [0.05, 0.1) is 12.2 Å². The van der Waals surface area contributed by atoms with Crippen molar-refractivity contribution in [1.82, 2.24) is 4.90 Å². The Labute approximate surface area is 123 Å². The summed E-state index contributed by atoms with van der Waals surface area (Å²) in [7, 11) is 0. The van der Waals surface area contributed by atoms with E-state index >= 15 is 0 Å². The third-order valence-corrected chi connectivity index (χ3v) is 4.88. The second kappa shape index (κ2) is 5.99. The maximum atomic E-state index is 13.1. The van der Waals surface area contributed by atoms with Crippen LogP contribution in [0.5, 0.6) is 0 Å². The van der Waals surface area contributed by atoms with E-state index in [1.165, 1.54) is 12.1 Å². The molecule has 3 nitrogen and oxygen atoms in total. The molecule has 4 unspecified atom stereocenters. The number of benzene rings is 1. The maximum absolute atomic E-state index is 13.1. The highest BCUT2D eigenvalue weighted by Gasteiger charge is 2.41. The minimum atomic E-state index is -0.861. The average Bonchev–Trinajstić information content (AvgIpc) is 2.97. The molecule has 1 aromatic carbocycles. The van der Waals surface area contributed by atoms with E-state index in [2.05, 4.69) is 4.90 Å². The van der Waals surface area contributed by atoms with E-state index < -0.39 is 17.7 Å². The zero-order valence-corrected chi connectivity index (χ0v) is 11.9. The third-order valence-electron chi connectivity index (χ3n) is 4.88. The molecule has 1 saturated carbocycles. The molecule has 2 N–H and O–H groups in total. The molecule has 4 atom stereocenters. The zero-order chi connectivity index (χ0) is 15.0. The first-order valence-corrected chi connectivity index (χ1v) is 7.57. The largest absolute Gasteiger partial charge is 0.393 e. The van der Waals surface area contributed by atoms with Gasteiger partial charge in [0, 0.05) is 31.6 Å². The molecular formula is C16H21F2NO2. The number of hydrogen-bond acceptors (Lipinski definition) is 3. The van der Waals surface area contributed by atoms with Crippen molar-refractivity contribution in [3.63, 3.8) is 0 Å². The highest BCUT2D eigenvalue weighted by atomic mass is 19.1. The number of fused-ring (bicyclic) bond motifs is 1. The standard InChI is InChI=1S/C16H21F2NO2/c17-12-5-11(6-13(18)7-12)15(20)3-4-19-8-10-1-2-16(21)14(10)9-19/h5-7,10,14-16,20-21H,1-4,8-9H2. The van der Waals surface area contributed by atoms with Crippen molar-refractivity contribution in [2.45, 2.75) is 31.5 Å². The molecule has 0 spiro atoms. The smallest absolute Gasteiger partial charge is 0.126 e. The van der Waals surface area contributed by atoms with Crippen LogP contribution in [0.25, 0.3) is 0 Å². The summed E-state index contributed by atoms with van der Waals surface area (Å²) in [5.41, 5.74) is 0.284. The van der Waals surface area contributed by atoms with Gasteiger partial charge in [-0.3, -0.25) is 0 Å².